The van der Waals surface area contributed by atoms with E-state index in [1.54, 1.807) is 6.92 Å². The lowest BCUT2D eigenvalue weighted by Crippen LogP contribution is -2.31. The molecule has 0 aliphatic heterocycles. The van der Waals surface area contributed by atoms with Gasteiger partial charge in [-0.2, -0.15) is 4.98 Å². The third-order valence-electron chi connectivity index (χ3n) is 1.92. The van der Waals surface area contributed by atoms with Gasteiger partial charge in [0.25, 0.3) is 0 Å². The average Bonchev–Trinajstić information content (AvgIpc) is 2.63. The van der Waals surface area contributed by atoms with Gasteiger partial charge in [-0.3, -0.25) is 0 Å². The summed E-state index contributed by atoms with van der Waals surface area (Å²) >= 11 is 0. The summed E-state index contributed by atoms with van der Waals surface area (Å²) < 4.78 is 4.90. The lowest BCUT2D eigenvalue weighted by atomic mass is 10.1. The third-order valence-corrected chi connectivity index (χ3v) is 1.92. The first kappa shape index (κ1) is 11.4. The standard InChI is InChI=1S/C8H15N5O2/c1-5(8(9)12-14)3-10-4-7-11-6(2)13-15-7/h5,10,14H,3-4H2,1-2H3,(H2,9,12). The summed E-state index contributed by atoms with van der Waals surface area (Å²) in [4.78, 5) is 4.02. The van der Waals surface area contributed by atoms with Crippen molar-refractivity contribution < 1.29 is 9.73 Å². The second-order valence-corrected chi connectivity index (χ2v) is 3.29. The zero-order chi connectivity index (χ0) is 11.3. The van der Waals surface area contributed by atoms with E-state index in [2.05, 4.69) is 20.6 Å². The van der Waals surface area contributed by atoms with E-state index in [0.29, 0.717) is 24.8 Å². The van der Waals surface area contributed by atoms with Crippen LogP contribution >= 0.6 is 0 Å². The normalized spacial score (nSPS) is 14.1. The second kappa shape index (κ2) is 5.30. The van der Waals surface area contributed by atoms with E-state index in [0.717, 1.165) is 0 Å². The van der Waals surface area contributed by atoms with Crippen LogP contribution in [0.4, 0.5) is 0 Å². The summed E-state index contributed by atoms with van der Waals surface area (Å²) in [6.07, 6.45) is 0. The number of nitrogens with two attached hydrogens (primary N) is 1. The number of aromatic nitrogens is 2. The number of amidine groups is 1. The predicted octanol–water partition coefficient (Wildman–Crippen LogP) is -0.150. The van der Waals surface area contributed by atoms with E-state index >= 15 is 0 Å². The summed E-state index contributed by atoms with van der Waals surface area (Å²) in [5.74, 6) is 1.29. The Morgan fingerprint density at radius 1 is 1.73 bits per heavy atom. The first-order valence-electron chi connectivity index (χ1n) is 4.60. The van der Waals surface area contributed by atoms with Gasteiger partial charge in [0.1, 0.15) is 5.84 Å². The molecule has 0 aliphatic rings. The highest BCUT2D eigenvalue weighted by atomic mass is 16.5. The van der Waals surface area contributed by atoms with Crippen LogP contribution in [-0.2, 0) is 6.54 Å². The maximum atomic E-state index is 8.42. The molecular weight excluding hydrogens is 198 g/mol. The minimum Gasteiger partial charge on any atom is -0.409 e. The average molecular weight is 213 g/mol. The van der Waals surface area contributed by atoms with Gasteiger partial charge in [0.05, 0.1) is 6.54 Å². The highest BCUT2D eigenvalue weighted by Gasteiger charge is 2.08. The molecule has 84 valence electrons. The third kappa shape index (κ3) is 3.55. The highest BCUT2D eigenvalue weighted by Crippen LogP contribution is 1.96. The lowest BCUT2D eigenvalue weighted by molar-refractivity contribution is 0.313. The van der Waals surface area contributed by atoms with Crippen LogP contribution in [0, 0.1) is 12.8 Å². The van der Waals surface area contributed by atoms with Gasteiger partial charge in [-0.25, -0.2) is 0 Å². The van der Waals surface area contributed by atoms with Gasteiger partial charge >= 0.3 is 0 Å². The molecule has 1 aromatic heterocycles. The number of aryl methyl sites for hydroxylation is 1. The number of hydrogen-bond acceptors (Lipinski definition) is 6. The Balaban J connectivity index is 2.27. The number of rotatable bonds is 5. The van der Waals surface area contributed by atoms with Crippen molar-refractivity contribution in [2.24, 2.45) is 16.8 Å². The van der Waals surface area contributed by atoms with Crippen molar-refractivity contribution in [2.45, 2.75) is 20.4 Å². The predicted molar refractivity (Wildman–Crippen MR) is 53.3 cm³/mol. The molecular formula is C8H15N5O2. The summed E-state index contributed by atoms with van der Waals surface area (Å²) in [6.45, 7) is 4.66. The smallest absolute Gasteiger partial charge is 0.240 e. The fraction of sp³-hybridized carbons (Fsp3) is 0.625. The second-order valence-electron chi connectivity index (χ2n) is 3.29. The molecule has 7 nitrogen and oxygen atoms in total. The van der Waals surface area contributed by atoms with E-state index < -0.39 is 0 Å². The minimum atomic E-state index is -0.0426. The van der Waals surface area contributed by atoms with E-state index in [4.69, 9.17) is 15.5 Å². The Morgan fingerprint density at radius 2 is 2.47 bits per heavy atom. The zero-order valence-electron chi connectivity index (χ0n) is 8.77. The first-order valence-corrected chi connectivity index (χ1v) is 4.60. The van der Waals surface area contributed by atoms with Crippen LogP contribution < -0.4 is 11.1 Å². The van der Waals surface area contributed by atoms with Crippen molar-refractivity contribution in [3.05, 3.63) is 11.7 Å². The van der Waals surface area contributed by atoms with Crippen LogP contribution in [-0.4, -0.2) is 27.7 Å². The molecule has 4 N–H and O–H groups in total. The number of oxime groups is 1. The lowest BCUT2D eigenvalue weighted by Gasteiger charge is -2.08. The van der Waals surface area contributed by atoms with Crippen LogP contribution in [0.5, 0.6) is 0 Å². The van der Waals surface area contributed by atoms with Gasteiger partial charge in [0.15, 0.2) is 5.82 Å². The maximum absolute atomic E-state index is 8.42. The molecule has 1 aromatic rings. The van der Waals surface area contributed by atoms with Crippen molar-refractivity contribution in [3.63, 3.8) is 0 Å². The van der Waals surface area contributed by atoms with Crippen molar-refractivity contribution in [3.8, 4) is 0 Å². The Labute approximate surface area is 87.3 Å². The van der Waals surface area contributed by atoms with Crippen LogP contribution in [0.15, 0.2) is 9.68 Å². The largest absolute Gasteiger partial charge is 0.409 e. The molecule has 1 heterocycles. The summed E-state index contributed by atoms with van der Waals surface area (Å²) in [5.41, 5.74) is 5.41. The molecule has 0 bridgehead atoms. The summed E-state index contributed by atoms with van der Waals surface area (Å²) in [5, 5.41) is 18.1. The van der Waals surface area contributed by atoms with Crippen molar-refractivity contribution in [1.29, 1.82) is 0 Å². The van der Waals surface area contributed by atoms with Gasteiger partial charge in [0, 0.05) is 12.5 Å². The monoisotopic (exact) mass is 213 g/mol. The number of nitrogens with one attached hydrogen (secondary N) is 1. The van der Waals surface area contributed by atoms with E-state index in [1.807, 2.05) is 6.92 Å². The molecule has 7 heteroatoms. The fourth-order valence-corrected chi connectivity index (χ4v) is 1.01. The molecule has 1 rings (SSSR count). The molecule has 0 fully saturated rings. The van der Waals surface area contributed by atoms with Gasteiger partial charge < -0.3 is 20.8 Å². The molecule has 0 radical (unpaired) electrons. The first-order chi connectivity index (χ1) is 7.13. The fourth-order valence-electron chi connectivity index (χ4n) is 1.01. The zero-order valence-corrected chi connectivity index (χ0v) is 8.77. The quantitative estimate of drug-likeness (QED) is 0.271. The Bertz CT molecular complexity index is 336. The molecule has 0 aliphatic carbocycles. The Hall–Kier alpha value is -1.63. The maximum Gasteiger partial charge on any atom is 0.240 e. The van der Waals surface area contributed by atoms with E-state index in [-0.39, 0.29) is 11.8 Å². The van der Waals surface area contributed by atoms with Crippen LogP contribution in [0.1, 0.15) is 18.6 Å². The van der Waals surface area contributed by atoms with Crippen molar-refractivity contribution >= 4 is 5.84 Å². The molecule has 0 aromatic carbocycles. The number of nitrogens with zero attached hydrogens (tertiary/aromatic N) is 3. The van der Waals surface area contributed by atoms with Crippen LogP contribution in [0.3, 0.4) is 0 Å². The van der Waals surface area contributed by atoms with Crippen LogP contribution in [0.25, 0.3) is 0 Å². The molecule has 1 unspecified atom stereocenters. The van der Waals surface area contributed by atoms with Gasteiger partial charge in [-0.1, -0.05) is 17.2 Å². The summed E-state index contributed by atoms with van der Waals surface area (Å²) in [6, 6.07) is 0. The summed E-state index contributed by atoms with van der Waals surface area (Å²) in [7, 11) is 0. The highest BCUT2D eigenvalue weighted by molar-refractivity contribution is 5.82. The van der Waals surface area contributed by atoms with Crippen LogP contribution in [0.2, 0.25) is 0 Å². The molecule has 0 spiro atoms. The van der Waals surface area contributed by atoms with Crippen molar-refractivity contribution in [2.75, 3.05) is 6.54 Å². The Morgan fingerprint density at radius 3 is 3.00 bits per heavy atom. The Kier molecular flexibility index (Phi) is 4.04. The van der Waals surface area contributed by atoms with Gasteiger partial charge in [-0.05, 0) is 6.92 Å². The minimum absolute atomic E-state index is 0.0426. The molecule has 0 amide bonds. The van der Waals surface area contributed by atoms with E-state index in [1.165, 1.54) is 0 Å². The number of hydrogen-bond donors (Lipinski definition) is 3. The van der Waals surface area contributed by atoms with Gasteiger partial charge in [0.2, 0.25) is 5.89 Å². The molecule has 15 heavy (non-hydrogen) atoms. The van der Waals surface area contributed by atoms with Gasteiger partial charge in [-0.15, -0.1) is 0 Å². The van der Waals surface area contributed by atoms with Crippen molar-refractivity contribution in [1.82, 2.24) is 15.5 Å². The van der Waals surface area contributed by atoms with E-state index in [9.17, 15) is 0 Å². The molecule has 1 atom stereocenters. The molecule has 0 saturated heterocycles. The topological polar surface area (TPSA) is 110 Å². The SMILES string of the molecule is Cc1noc(CNCC(C)C(N)=NO)n1. The molecule has 0 saturated carbocycles.